The van der Waals surface area contributed by atoms with Crippen LogP contribution in [0, 0.1) is 4.77 Å². The Hall–Kier alpha value is -3.06. The van der Waals surface area contributed by atoms with Gasteiger partial charge in [-0.25, -0.2) is 4.98 Å². The van der Waals surface area contributed by atoms with E-state index in [0.717, 1.165) is 0 Å². The number of fused-ring (bicyclic) bond motifs is 1. The molecular weight excluding hydrogens is 408 g/mol. The Morgan fingerprint density at radius 1 is 1.17 bits per heavy atom. The summed E-state index contributed by atoms with van der Waals surface area (Å²) in [5.74, 6) is -1.88. The summed E-state index contributed by atoms with van der Waals surface area (Å²) in [6.45, 7) is 3.31. The molecule has 4 atom stereocenters. The number of aromatic nitrogens is 4. The molecule has 0 spiro atoms. The number of esters is 3. The van der Waals surface area contributed by atoms with Crippen molar-refractivity contribution in [1.29, 1.82) is 0 Å². The third kappa shape index (κ3) is 4.19. The molecule has 0 aliphatic carbocycles. The molecule has 0 amide bonds. The minimum atomic E-state index is -1.14. The molecular formula is C16H18N4O8S. The van der Waals surface area contributed by atoms with Gasteiger partial charge >= 0.3 is 17.9 Å². The number of aromatic amines is 2. The summed E-state index contributed by atoms with van der Waals surface area (Å²) in [5.41, 5.74) is -0.222. The molecule has 2 aromatic heterocycles. The minimum Gasteiger partial charge on any atom is -0.463 e. The van der Waals surface area contributed by atoms with Gasteiger partial charge in [0, 0.05) is 20.8 Å². The van der Waals surface area contributed by atoms with E-state index >= 15 is 0 Å². The number of imidazole rings is 1. The van der Waals surface area contributed by atoms with Crippen LogP contribution in [0.25, 0.3) is 11.2 Å². The fourth-order valence-electron chi connectivity index (χ4n) is 3.09. The number of H-pyrrole nitrogens is 2. The lowest BCUT2D eigenvalue weighted by atomic mass is 10.1. The Balaban J connectivity index is 2.09. The third-order valence-electron chi connectivity index (χ3n) is 4.11. The number of hydrogen-bond donors (Lipinski definition) is 2. The minimum absolute atomic E-state index is 0.0704. The van der Waals surface area contributed by atoms with Gasteiger partial charge in [-0.05, 0) is 12.2 Å². The molecule has 0 radical (unpaired) electrons. The van der Waals surface area contributed by atoms with Crippen molar-refractivity contribution in [3.05, 3.63) is 21.5 Å². The summed E-state index contributed by atoms with van der Waals surface area (Å²) in [4.78, 5) is 55.8. The topological polar surface area (TPSA) is 155 Å². The Labute approximate surface area is 168 Å². The van der Waals surface area contributed by atoms with Gasteiger partial charge in [-0.15, -0.1) is 0 Å². The molecule has 1 aliphatic heterocycles. The van der Waals surface area contributed by atoms with Gasteiger partial charge in [0.15, 0.2) is 34.4 Å². The molecule has 1 fully saturated rings. The quantitative estimate of drug-likeness (QED) is 0.382. The van der Waals surface area contributed by atoms with Crippen molar-refractivity contribution in [2.24, 2.45) is 0 Å². The molecule has 29 heavy (non-hydrogen) atoms. The molecule has 1 saturated heterocycles. The lowest BCUT2D eigenvalue weighted by Gasteiger charge is -2.23. The van der Waals surface area contributed by atoms with E-state index in [-0.39, 0.29) is 22.5 Å². The molecule has 12 nitrogen and oxygen atoms in total. The van der Waals surface area contributed by atoms with Crippen LogP contribution in [0.15, 0.2) is 11.1 Å². The molecule has 0 unspecified atom stereocenters. The average Bonchev–Trinajstić information content (AvgIpc) is 3.11. The van der Waals surface area contributed by atoms with Crippen LogP contribution in [-0.4, -0.2) is 62.3 Å². The zero-order valence-electron chi connectivity index (χ0n) is 15.7. The number of nitrogens with one attached hydrogen (secondary N) is 2. The van der Waals surface area contributed by atoms with Gasteiger partial charge in [0.1, 0.15) is 12.7 Å². The highest BCUT2D eigenvalue weighted by Gasteiger charge is 2.51. The molecule has 3 heterocycles. The Morgan fingerprint density at radius 3 is 2.45 bits per heavy atom. The van der Waals surface area contributed by atoms with Crippen LogP contribution in [-0.2, 0) is 33.3 Å². The molecule has 3 rings (SSSR count). The van der Waals surface area contributed by atoms with Crippen molar-refractivity contribution < 1.29 is 33.3 Å². The van der Waals surface area contributed by atoms with E-state index in [0.29, 0.717) is 0 Å². The van der Waals surface area contributed by atoms with Crippen LogP contribution in [0.2, 0.25) is 0 Å². The van der Waals surface area contributed by atoms with Gasteiger partial charge in [0.25, 0.3) is 5.56 Å². The van der Waals surface area contributed by atoms with Gasteiger partial charge in [-0.2, -0.15) is 0 Å². The highest BCUT2D eigenvalue weighted by atomic mass is 32.1. The molecule has 2 aromatic rings. The lowest BCUT2D eigenvalue weighted by molar-refractivity contribution is -0.166. The molecule has 0 bridgehead atoms. The molecule has 156 valence electrons. The van der Waals surface area contributed by atoms with Gasteiger partial charge in [-0.3, -0.25) is 23.7 Å². The molecule has 13 heteroatoms. The zero-order chi connectivity index (χ0) is 21.3. The van der Waals surface area contributed by atoms with Crippen molar-refractivity contribution in [3.8, 4) is 0 Å². The Morgan fingerprint density at radius 2 is 1.83 bits per heavy atom. The standard InChI is InChI=1S/C16H18N4O8S/c1-6(21)25-4-9-11(26-7(2)22)12(27-8(3)23)15(28-9)20-13-10(19-16(20)29)14(24)18-5-17-13/h5,9,11-12,15H,4H2,1-3H3,(H,19,29)(H,17,18,24)/t9-,11-,12-,15-/m1/s1. The van der Waals surface area contributed by atoms with Crippen LogP contribution < -0.4 is 5.56 Å². The second kappa shape index (κ2) is 8.13. The highest BCUT2D eigenvalue weighted by Crippen LogP contribution is 2.35. The van der Waals surface area contributed by atoms with Crippen LogP contribution in [0.3, 0.4) is 0 Å². The van der Waals surface area contributed by atoms with E-state index < -0.39 is 48.0 Å². The van der Waals surface area contributed by atoms with Crippen LogP contribution >= 0.6 is 12.2 Å². The van der Waals surface area contributed by atoms with Crippen molar-refractivity contribution in [2.45, 2.75) is 45.3 Å². The normalized spacial score (nSPS) is 23.7. The monoisotopic (exact) mass is 426 g/mol. The third-order valence-corrected chi connectivity index (χ3v) is 4.41. The number of hydrogen-bond acceptors (Lipinski definition) is 10. The maximum atomic E-state index is 12.0. The van der Waals surface area contributed by atoms with Crippen LogP contribution in [0.4, 0.5) is 0 Å². The first-order chi connectivity index (χ1) is 13.7. The first kappa shape index (κ1) is 20.7. The fourth-order valence-corrected chi connectivity index (χ4v) is 3.38. The largest absolute Gasteiger partial charge is 0.463 e. The lowest BCUT2D eigenvalue weighted by Crippen LogP contribution is -2.40. The SMILES string of the molecule is CC(=O)OC[C@H]1O[C@@H](n2c(=S)[nH]c3c(=O)[nH]cnc32)[C@H](OC(C)=O)[C@@H]1OC(C)=O. The summed E-state index contributed by atoms with van der Waals surface area (Å²) in [6.07, 6.45) is -3.09. The van der Waals surface area contributed by atoms with E-state index in [1.807, 2.05) is 0 Å². The van der Waals surface area contributed by atoms with Crippen molar-refractivity contribution in [2.75, 3.05) is 6.61 Å². The molecule has 0 aromatic carbocycles. The van der Waals surface area contributed by atoms with E-state index in [1.54, 1.807) is 0 Å². The summed E-state index contributed by atoms with van der Waals surface area (Å²) in [7, 11) is 0. The highest BCUT2D eigenvalue weighted by molar-refractivity contribution is 7.71. The number of nitrogens with zero attached hydrogens (tertiary/aromatic N) is 2. The van der Waals surface area contributed by atoms with Gasteiger partial charge in [0.2, 0.25) is 0 Å². The first-order valence-corrected chi connectivity index (χ1v) is 8.91. The van der Waals surface area contributed by atoms with Crippen LogP contribution in [0.1, 0.15) is 27.0 Å². The van der Waals surface area contributed by atoms with Gasteiger partial charge < -0.3 is 28.9 Å². The van der Waals surface area contributed by atoms with Gasteiger partial charge in [0.05, 0.1) is 6.33 Å². The fraction of sp³-hybridized carbons (Fsp3) is 0.500. The Kier molecular flexibility index (Phi) is 5.79. The summed E-state index contributed by atoms with van der Waals surface area (Å²) >= 11 is 5.29. The summed E-state index contributed by atoms with van der Waals surface area (Å²) in [5, 5.41) is 0. The molecule has 0 saturated carbocycles. The van der Waals surface area contributed by atoms with E-state index in [4.69, 9.17) is 31.2 Å². The van der Waals surface area contributed by atoms with E-state index in [2.05, 4.69) is 15.0 Å². The van der Waals surface area contributed by atoms with E-state index in [9.17, 15) is 19.2 Å². The van der Waals surface area contributed by atoms with Gasteiger partial charge in [-0.1, -0.05) is 0 Å². The summed E-state index contributed by atoms with van der Waals surface area (Å²) < 4.78 is 23.0. The molecule has 2 N–H and O–H groups in total. The van der Waals surface area contributed by atoms with Crippen LogP contribution in [0.5, 0.6) is 0 Å². The van der Waals surface area contributed by atoms with Crippen molar-refractivity contribution in [1.82, 2.24) is 19.5 Å². The smallest absolute Gasteiger partial charge is 0.303 e. The Bertz CT molecular complexity index is 1070. The summed E-state index contributed by atoms with van der Waals surface area (Å²) in [6, 6.07) is 0. The number of carbonyl (C=O) groups is 3. The zero-order valence-corrected chi connectivity index (χ0v) is 16.5. The second-order valence-electron chi connectivity index (χ2n) is 6.25. The van der Waals surface area contributed by atoms with Crippen molar-refractivity contribution in [3.63, 3.8) is 0 Å². The maximum Gasteiger partial charge on any atom is 0.303 e. The second-order valence-corrected chi connectivity index (χ2v) is 6.63. The predicted molar refractivity (Wildman–Crippen MR) is 97.2 cm³/mol. The average molecular weight is 426 g/mol. The van der Waals surface area contributed by atoms with E-state index in [1.165, 1.54) is 31.7 Å². The maximum absolute atomic E-state index is 12.0. The number of carbonyl (C=O) groups excluding carboxylic acids is 3. The predicted octanol–water partition coefficient (Wildman–Crippen LogP) is 0.106. The number of rotatable bonds is 5. The number of ether oxygens (including phenoxy) is 4. The van der Waals surface area contributed by atoms with Crippen molar-refractivity contribution >= 4 is 41.3 Å². The molecule has 1 aliphatic rings. The first-order valence-electron chi connectivity index (χ1n) is 8.50.